The highest BCUT2D eigenvalue weighted by Gasteiger charge is 2.14. The molecule has 0 bridgehead atoms. The van der Waals surface area contributed by atoms with E-state index >= 15 is 0 Å². The molecule has 2 nitrogen and oxygen atoms in total. The quantitative estimate of drug-likeness (QED) is 0.873. The monoisotopic (exact) mass is 282 g/mol. The fourth-order valence-corrected chi connectivity index (χ4v) is 2.59. The Morgan fingerprint density at radius 2 is 2.00 bits per heavy atom. The number of aromatic nitrogens is 1. The van der Waals surface area contributed by atoms with Gasteiger partial charge in [-0.15, -0.1) is 11.3 Å². The van der Waals surface area contributed by atoms with Crippen molar-refractivity contribution in [3.8, 4) is 0 Å². The number of hydrogen-bond acceptors (Lipinski definition) is 3. The minimum atomic E-state index is -0.539. The average molecular weight is 282 g/mol. The second kappa shape index (κ2) is 6.73. The highest BCUT2D eigenvalue weighted by Crippen LogP contribution is 2.22. The lowest BCUT2D eigenvalue weighted by molar-refractivity contribution is 0.517. The summed E-state index contributed by atoms with van der Waals surface area (Å²) in [6, 6.07) is 3.58. The molecule has 0 saturated heterocycles. The predicted octanol–water partition coefficient (Wildman–Crippen LogP) is 3.70. The first kappa shape index (κ1) is 14.1. The lowest BCUT2D eigenvalue weighted by atomic mass is 10.0. The molecule has 102 valence electrons. The fourth-order valence-electron chi connectivity index (χ4n) is 1.95. The van der Waals surface area contributed by atoms with E-state index in [2.05, 4.69) is 17.2 Å². The zero-order chi connectivity index (χ0) is 13.7. The first-order valence-electron chi connectivity index (χ1n) is 6.25. The van der Waals surface area contributed by atoms with Gasteiger partial charge in [0.25, 0.3) is 0 Å². The molecule has 1 atom stereocenters. The molecule has 0 aliphatic rings. The summed E-state index contributed by atoms with van der Waals surface area (Å²) >= 11 is 1.55. The Morgan fingerprint density at radius 3 is 2.58 bits per heavy atom. The second-order valence-corrected chi connectivity index (χ2v) is 5.35. The van der Waals surface area contributed by atoms with Gasteiger partial charge in [0.05, 0.1) is 5.51 Å². The third kappa shape index (κ3) is 4.08. The molecule has 0 aliphatic heterocycles. The summed E-state index contributed by atoms with van der Waals surface area (Å²) < 4.78 is 26.6. The molecular weight excluding hydrogens is 266 g/mol. The van der Waals surface area contributed by atoms with Gasteiger partial charge >= 0.3 is 0 Å². The van der Waals surface area contributed by atoms with E-state index in [0.29, 0.717) is 12.0 Å². The van der Waals surface area contributed by atoms with Crippen LogP contribution >= 0.6 is 11.3 Å². The van der Waals surface area contributed by atoms with Gasteiger partial charge in [0.15, 0.2) is 0 Å². The van der Waals surface area contributed by atoms with Gasteiger partial charge in [0.2, 0.25) is 0 Å². The van der Waals surface area contributed by atoms with Gasteiger partial charge < -0.3 is 5.32 Å². The van der Waals surface area contributed by atoms with Gasteiger partial charge in [-0.3, -0.25) is 4.98 Å². The number of halogens is 2. The SMILES string of the molecule is CCCNC(Cc1cncs1)c1cc(F)cc(F)c1. The molecule has 0 amide bonds. The number of nitrogens with zero attached hydrogens (tertiary/aromatic N) is 1. The van der Waals surface area contributed by atoms with Crippen LogP contribution in [0.15, 0.2) is 29.9 Å². The second-order valence-electron chi connectivity index (χ2n) is 4.38. The minimum absolute atomic E-state index is 0.0920. The van der Waals surface area contributed by atoms with Crippen LogP contribution in [0.1, 0.15) is 29.8 Å². The Kier molecular flexibility index (Phi) is 4.99. The van der Waals surface area contributed by atoms with Crippen molar-refractivity contribution in [2.45, 2.75) is 25.8 Å². The van der Waals surface area contributed by atoms with Gasteiger partial charge in [-0.1, -0.05) is 6.92 Å². The highest BCUT2D eigenvalue weighted by molar-refractivity contribution is 7.09. The summed E-state index contributed by atoms with van der Waals surface area (Å²) in [5.41, 5.74) is 2.40. The van der Waals surface area contributed by atoms with E-state index in [-0.39, 0.29) is 6.04 Å². The molecule has 0 aliphatic carbocycles. The normalized spacial score (nSPS) is 12.6. The van der Waals surface area contributed by atoms with E-state index in [1.165, 1.54) is 12.1 Å². The van der Waals surface area contributed by atoms with Crippen molar-refractivity contribution in [3.63, 3.8) is 0 Å². The van der Waals surface area contributed by atoms with Crippen molar-refractivity contribution < 1.29 is 8.78 Å². The van der Waals surface area contributed by atoms with Crippen LogP contribution in [-0.4, -0.2) is 11.5 Å². The molecule has 1 N–H and O–H groups in total. The van der Waals surface area contributed by atoms with Crippen LogP contribution < -0.4 is 5.32 Å². The van der Waals surface area contributed by atoms with Crippen LogP contribution in [0.5, 0.6) is 0 Å². The number of hydrogen-bond donors (Lipinski definition) is 1. The summed E-state index contributed by atoms with van der Waals surface area (Å²) in [5, 5.41) is 3.32. The first-order valence-corrected chi connectivity index (χ1v) is 7.13. The standard InChI is InChI=1S/C14H16F2N2S/c1-2-3-18-14(7-13-8-17-9-19-13)10-4-11(15)6-12(16)5-10/h4-6,8-9,14,18H,2-3,7H2,1H3. The maximum Gasteiger partial charge on any atom is 0.126 e. The summed E-state index contributed by atoms with van der Waals surface area (Å²) in [4.78, 5) is 5.12. The summed E-state index contributed by atoms with van der Waals surface area (Å²) in [7, 11) is 0. The molecule has 2 aromatic rings. The fraction of sp³-hybridized carbons (Fsp3) is 0.357. The van der Waals surface area contributed by atoms with E-state index in [1.54, 1.807) is 23.0 Å². The van der Waals surface area contributed by atoms with Crippen LogP contribution in [-0.2, 0) is 6.42 Å². The topological polar surface area (TPSA) is 24.9 Å². The van der Waals surface area contributed by atoms with Gasteiger partial charge in [0, 0.05) is 29.6 Å². The minimum Gasteiger partial charge on any atom is -0.310 e. The summed E-state index contributed by atoms with van der Waals surface area (Å²) in [6.07, 6.45) is 3.45. The number of thiazole rings is 1. The van der Waals surface area contributed by atoms with E-state index in [0.717, 1.165) is 23.9 Å². The average Bonchev–Trinajstić information content (AvgIpc) is 2.86. The Morgan fingerprint density at radius 1 is 1.26 bits per heavy atom. The first-order chi connectivity index (χ1) is 9.19. The molecule has 1 unspecified atom stereocenters. The Balaban J connectivity index is 2.20. The number of rotatable bonds is 6. The highest BCUT2D eigenvalue weighted by atomic mass is 32.1. The largest absolute Gasteiger partial charge is 0.310 e. The Hall–Kier alpha value is -1.33. The number of benzene rings is 1. The lowest BCUT2D eigenvalue weighted by Gasteiger charge is -2.18. The van der Waals surface area contributed by atoms with E-state index in [4.69, 9.17) is 0 Å². The van der Waals surface area contributed by atoms with Crippen molar-refractivity contribution in [1.82, 2.24) is 10.3 Å². The summed E-state index contributed by atoms with van der Waals surface area (Å²) in [6.45, 7) is 2.87. The van der Waals surface area contributed by atoms with Crippen molar-refractivity contribution in [2.24, 2.45) is 0 Å². The van der Waals surface area contributed by atoms with Crippen LogP contribution in [0.25, 0.3) is 0 Å². The molecule has 0 fully saturated rings. The third-order valence-corrected chi connectivity index (χ3v) is 3.62. The molecule has 2 rings (SSSR count). The lowest BCUT2D eigenvalue weighted by Crippen LogP contribution is -2.24. The molecule has 1 aromatic heterocycles. The zero-order valence-electron chi connectivity index (χ0n) is 10.7. The molecule has 1 heterocycles. The van der Waals surface area contributed by atoms with Crippen LogP contribution in [0.3, 0.4) is 0 Å². The Labute approximate surface area is 115 Å². The molecule has 1 aromatic carbocycles. The summed E-state index contributed by atoms with van der Waals surface area (Å²) in [5.74, 6) is -1.08. The zero-order valence-corrected chi connectivity index (χ0v) is 11.5. The third-order valence-electron chi connectivity index (χ3n) is 2.82. The van der Waals surface area contributed by atoms with Crippen molar-refractivity contribution >= 4 is 11.3 Å². The van der Waals surface area contributed by atoms with Crippen molar-refractivity contribution in [1.29, 1.82) is 0 Å². The molecule has 5 heteroatoms. The van der Waals surface area contributed by atoms with Gasteiger partial charge in [0.1, 0.15) is 11.6 Å². The molecule has 0 radical (unpaired) electrons. The van der Waals surface area contributed by atoms with Crippen molar-refractivity contribution in [3.05, 3.63) is 52.0 Å². The molecular formula is C14H16F2N2S. The van der Waals surface area contributed by atoms with Crippen molar-refractivity contribution in [2.75, 3.05) is 6.54 Å². The Bertz CT molecular complexity index is 494. The maximum atomic E-state index is 13.3. The maximum absolute atomic E-state index is 13.3. The van der Waals surface area contributed by atoms with Gasteiger partial charge in [-0.2, -0.15) is 0 Å². The van der Waals surface area contributed by atoms with Crippen LogP contribution in [0, 0.1) is 11.6 Å². The number of nitrogens with one attached hydrogen (secondary N) is 1. The van der Waals surface area contributed by atoms with E-state index < -0.39 is 11.6 Å². The van der Waals surface area contributed by atoms with E-state index in [1.807, 2.05) is 0 Å². The van der Waals surface area contributed by atoms with Crippen LogP contribution in [0.2, 0.25) is 0 Å². The van der Waals surface area contributed by atoms with Gasteiger partial charge in [-0.25, -0.2) is 8.78 Å². The van der Waals surface area contributed by atoms with E-state index in [9.17, 15) is 8.78 Å². The smallest absolute Gasteiger partial charge is 0.126 e. The molecule has 19 heavy (non-hydrogen) atoms. The predicted molar refractivity (Wildman–Crippen MR) is 73.2 cm³/mol. The molecule has 0 saturated carbocycles. The van der Waals surface area contributed by atoms with Gasteiger partial charge in [-0.05, 0) is 30.7 Å². The molecule has 0 spiro atoms. The van der Waals surface area contributed by atoms with Crippen LogP contribution in [0.4, 0.5) is 8.78 Å².